The van der Waals surface area contributed by atoms with Gasteiger partial charge in [0.2, 0.25) is 15.9 Å². The molecule has 0 aromatic heterocycles. The van der Waals surface area contributed by atoms with Crippen molar-refractivity contribution in [2.45, 2.75) is 57.5 Å². The molecule has 1 amide bonds. The molecule has 0 aliphatic heterocycles. The fraction of sp³-hybridized carbons (Fsp3) is 0.611. The number of amides is 1. The van der Waals surface area contributed by atoms with Gasteiger partial charge in [0.05, 0.1) is 11.9 Å². The molecule has 1 aromatic rings. The second kappa shape index (κ2) is 8.41. The van der Waals surface area contributed by atoms with Crippen molar-refractivity contribution in [2.75, 3.05) is 17.6 Å². The summed E-state index contributed by atoms with van der Waals surface area (Å²) in [5.74, 6) is -0.144. The lowest BCUT2D eigenvalue weighted by Crippen LogP contribution is -2.52. The highest BCUT2D eigenvalue weighted by Gasteiger charge is 2.35. The van der Waals surface area contributed by atoms with Gasteiger partial charge in [-0.3, -0.25) is 9.10 Å². The summed E-state index contributed by atoms with van der Waals surface area (Å²) in [7, 11) is -1.81. The van der Waals surface area contributed by atoms with Crippen LogP contribution in [0.3, 0.4) is 0 Å². The van der Waals surface area contributed by atoms with Crippen molar-refractivity contribution in [2.24, 2.45) is 0 Å². The van der Waals surface area contributed by atoms with E-state index in [1.54, 1.807) is 36.2 Å². The molecule has 0 spiro atoms. The van der Waals surface area contributed by atoms with Gasteiger partial charge in [-0.15, -0.1) is 0 Å². The first-order valence-corrected chi connectivity index (χ1v) is 11.0. The number of benzene rings is 1. The molecule has 1 atom stereocenters. The van der Waals surface area contributed by atoms with E-state index in [0.717, 1.165) is 31.9 Å². The van der Waals surface area contributed by atoms with E-state index in [4.69, 9.17) is 11.6 Å². The van der Waals surface area contributed by atoms with Gasteiger partial charge in [0, 0.05) is 18.1 Å². The number of anilines is 1. The number of rotatable bonds is 6. The molecule has 0 bridgehead atoms. The number of halogens is 1. The smallest absolute Gasteiger partial charge is 0.246 e. The van der Waals surface area contributed by atoms with E-state index < -0.39 is 16.1 Å². The second-order valence-corrected chi connectivity index (χ2v) is 9.00. The number of nitrogens with zero attached hydrogens (tertiary/aromatic N) is 2. The van der Waals surface area contributed by atoms with Gasteiger partial charge in [-0.25, -0.2) is 8.42 Å². The standard InChI is InChI=1S/C18H27ClN2O3S/c1-4-17(18(22)20(2)15-8-6-5-7-9-15)21(25(3,23)24)16-12-10-14(19)11-13-16/h10-13,15,17H,4-9H2,1-3H3. The molecule has 5 nitrogen and oxygen atoms in total. The topological polar surface area (TPSA) is 57.7 Å². The molecule has 0 radical (unpaired) electrons. The Hall–Kier alpha value is -1.27. The van der Waals surface area contributed by atoms with E-state index in [0.29, 0.717) is 17.1 Å². The summed E-state index contributed by atoms with van der Waals surface area (Å²) in [6, 6.07) is 6.00. The van der Waals surface area contributed by atoms with Crippen molar-refractivity contribution >= 4 is 33.2 Å². The lowest BCUT2D eigenvalue weighted by Gasteiger charge is -2.37. The van der Waals surface area contributed by atoms with Crippen molar-refractivity contribution in [3.05, 3.63) is 29.3 Å². The first kappa shape index (κ1) is 20.0. The Morgan fingerprint density at radius 2 is 1.76 bits per heavy atom. The number of hydrogen-bond donors (Lipinski definition) is 0. The Morgan fingerprint density at radius 3 is 2.24 bits per heavy atom. The minimum absolute atomic E-state index is 0.144. The van der Waals surface area contributed by atoms with Crippen LogP contribution in [0.4, 0.5) is 5.69 Å². The Bertz CT molecular complexity index is 685. The zero-order valence-electron chi connectivity index (χ0n) is 15.1. The molecule has 1 saturated carbocycles. The normalized spacial score (nSPS) is 17.1. The van der Waals surface area contributed by atoms with Gasteiger partial charge >= 0.3 is 0 Å². The molecule has 1 aliphatic rings. The summed E-state index contributed by atoms with van der Waals surface area (Å²) in [6.07, 6.45) is 6.95. The molecule has 1 fully saturated rings. The highest BCUT2D eigenvalue weighted by molar-refractivity contribution is 7.92. The summed E-state index contributed by atoms with van der Waals surface area (Å²) in [5.41, 5.74) is 0.462. The summed E-state index contributed by atoms with van der Waals surface area (Å²) in [4.78, 5) is 14.8. The maximum atomic E-state index is 13.1. The summed E-state index contributed by atoms with van der Waals surface area (Å²) in [5, 5.41) is 0.524. The lowest BCUT2D eigenvalue weighted by atomic mass is 9.94. The Labute approximate surface area is 156 Å². The van der Waals surface area contributed by atoms with Gasteiger partial charge in [-0.05, 0) is 43.5 Å². The summed E-state index contributed by atoms with van der Waals surface area (Å²) in [6.45, 7) is 1.84. The molecule has 7 heteroatoms. The molecule has 0 heterocycles. The van der Waals surface area contributed by atoms with Gasteiger partial charge in [0.25, 0.3) is 0 Å². The first-order valence-electron chi connectivity index (χ1n) is 8.77. The van der Waals surface area contributed by atoms with Crippen molar-refractivity contribution in [3.63, 3.8) is 0 Å². The van der Waals surface area contributed by atoms with E-state index in [-0.39, 0.29) is 11.9 Å². The summed E-state index contributed by atoms with van der Waals surface area (Å²) >= 11 is 5.92. The van der Waals surface area contributed by atoms with E-state index in [9.17, 15) is 13.2 Å². The predicted molar refractivity (Wildman–Crippen MR) is 102 cm³/mol. The van der Waals surface area contributed by atoms with Crippen LogP contribution in [0.25, 0.3) is 0 Å². The first-order chi connectivity index (χ1) is 11.8. The van der Waals surface area contributed by atoms with E-state index in [1.807, 2.05) is 6.92 Å². The van der Waals surface area contributed by atoms with Crippen LogP contribution in [0.1, 0.15) is 45.4 Å². The molecule has 140 valence electrons. The Kier molecular flexibility index (Phi) is 6.74. The molecule has 1 aliphatic carbocycles. The average molecular weight is 387 g/mol. The maximum Gasteiger partial charge on any atom is 0.246 e. The number of hydrogen-bond acceptors (Lipinski definition) is 3. The Balaban J connectivity index is 2.32. The van der Waals surface area contributed by atoms with E-state index in [2.05, 4.69) is 0 Å². The van der Waals surface area contributed by atoms with Crippen LogP contribution in [-0.2, 0) is 14.8 Å². The van der Waals surface area contributed by atoms with Gasteiger partial charge < -0.3 is 4.90 Å². The number of likely N-dealkylation sites (N-methyl/N-ethyl adjacent to an activating group) is 1. The fourth-order valence-electron chi connectivity index (χ4n) is 3.51. The number of carbonyl (C=O) groups excluding carboxylic acids is 1. The lowest BCUT2D eigenvalue weighted by molar-refractivity contribution is -0.133. The predicted octanol–water partition coefficient (Wildman–Crippen LogP) is 3.68. The van der Waals surface area contributed by atoms with Crippen molar-refractivity contribution in [1.29, 1.82) is 0 Å². The quantitative estimate of drug-likeness (QED) is 0.749. The zero-order valence-corrected chi connectivity index (χ0v) is 16.7. The van der Waals surface area contributed by atoms with E-state index >= 15 is 0 Å². The SMILES string of the molecule is CCC(C(=O)N(C)C1CCCCC1)N(c1ccc(Cl)cc1)S(C)(=O)=O. The Morgan fingerprint density at radius 1 is 1.20 bits per heavy atom. The highest BCUT2D eigenvalue weighted by Crippen LogP contribution is 2.27. The minimum Gasteiger partial charge on any atom is -0.341 e. The number of sulfonamides is 1. The molecule has 25 heavy (non-hydrogen) atoms. The van der Waals surface area contributed by atoms with Crippen LogP contribution in [0.15, 0.2) is 24.3 Å². The highest BCUT2D eigenvalue weighted by atomic mass is 35.5. The van der Waals surface area contributed by atoms with Crippen LogP contribution < -0.4 is 4.31 Å². The molecule has 1 aromatic carbocycles. The third-order valence-electron chi connectivity index (χ3n) is 4.86. The third-order valence-corrected chi connectivity index (χ3v) is 6.30. The van der Waals surface area contributed by atoms with Crippen molar-refractivity contribution < 1.29 is 13.2 Å². The van der Waals surface area contributed by atoms with Gasteiger partial charge in [0.1, 0.15) is 6.04 Å². The molecule has 2 rings (SSSR count). The number of carbonyl (C=O) groups is 1. The van der Waals surface area contributed by atoms with Crippen LogP contribution in [-0.4, -0.2) is 44.6 Å². The van der Waals surface area contributed by atoms with Crippen LogP contribution in [0, 0.1) is 0 Å². The van der Waals surface area contributed by atoms with Crippen molar-refractivity contribution in [1.82, 2.24) is 4.90 Å². The molecular formula is C18H27ClN2O3S. The molecule has 0 saturated heterocycles. The van der Waals surface area contributed by atoms with Crippen molar-refractivity contribution in [3.8, 4) is 0 Å². The largest absolute Gasteiger partial charge is 0.341 e. The van der Waals surface area contributed by atoms with Gasteiger partial charge in [0.15, 0.2) is 0 Å². The summed E-state index contributed by atoms with van der Waals surface area (Å²) < 4.78 is 26.1. The molecule has 1 unspecified atom stereocenters. The monoisotopic (exact) mass is 386 g/mol. The molecule has 0 N–H and O–H groups in total. The van der Waals surface area contributed by atoms with Crippen LogP contribution >= 0.6 is 11.6 Å². The van der Waals surface area contributed by atoms with Crippen LogP contribution in [0.5, 0.6) is 0 Å². The van der Waals surface area contributed by atoms with E-state index in [1.165, 1.54) is 10.7 Å². The third kappa shape index (κ3) is 4.88. The molecular weight excluding hydrogens is 360 g/mol. The average Bonchev–Trinajstić information content (AvgIpc) is 2.59. The minimum atomic E-state index is -3.61. The van der Waals surface area contributed by atoms with Crippen LogP contribution in [0.2, 0.25) is 5.02 Å². The van der Waals surface area contributed by atoms with Gasteiger partial charge in [-0.2, -0.15) is 0 Å². The van der Waals surface area contributed by atoms with Gasteiger partial charge in [-0.1, -0.05) is 37.8 Å². The maximum absolute atomic E-state index is 13.1. The fourth-order valence-corrected chi connectivity index (χ4v) is 4.85. The second-order valence-electron chi connectivity index (χ2n) is 6.70. The zero-order chi connectivity index (χ0) is 18.6.